The quantitative estimate of drug-likeness (QED) is 0.400. The first kappa shape index (κ1) is 22.7. The third-order valence-electron chi connectivity index (χ3n) is 5.66. The van der Waals surface area contributed by atoms with E-state index in [2.05, 4.69) is 0 Å². The van der Waals surface area contributed by atoms with Crippen LogP contribution in [0.15, 0.2) is 41.3 Å². The van der Waals surface area contributed by atoms with Gasteiger partial charge >= 0.3 is 0 Å². The van der Waals surface area contributed by atoms with E-state index >= 15 is 0 Å². The second-order valence-electron chi connectivity index (χ2n) is 7.63. The SMILES string of the molecule is Cc1ccc(S(=O)(=O)N2CCN(C(=O)c3sc4cc([N+](=O)[O-])ccc4c3Cl)CC2)cc1C. The molecule has 1 amide bonds. The topological polar surface area (TPSA) is 101 Å². The molecule has 2 aromatic carbocycles. The molecule has 3 aromatic rings. The Morgan fingerprint density at radius 2 is 1.75 bits per heavy atom. The van der Waals surface area contributed by atoms with Crippen LogP contribution in [-0.2, 0) is 10.0 Å². The molecule has 0 unspecified atom stereocenters. The average Bonchev–Trinajstić information content (AvgIpc) is 3.11. The Kier molecular flexibility index (Phi) is 5.97. The number of sulfonamides is 1. The van der Waals surface area contributed by atoms with Crippen molar-refractivity contribution in [3.05, 3.63) is 67.5 Å². The van der Waals surface area contributed by atoms with Crippen LogP contribution in [0.25, 0.3) is 10.1 Å². The first-order valence-electron chi connectivity index (χ1n) is 9.82. The van der Waals surface area contributed by atoms with Crippen LogP contribution in [0, 0.1) is 24.0 Å². The summed E-state index contributed by atoms with van der Waals surface area (Å²) < 4.78 is 28.0. The summed E-state index contributed by atoms with van der Waals surface area (Å²) in [4.78, 5) is 25.7. The maximum Gasteiger partial charge on any atom is 0.270 e. The highest BCUT2D eigenvalue weighted by molar-refractivity contribution is 7.89. The first-order valence-corrected chi connectivity index (χ1v) is 12.5. The monoisotopic (exact) mass is 493 g/mol. The maximum absolute atomic E-state index is 13.1. The number of amides is 1. The van der Waals surface area contributed by atoms with Crippen LogP contribution in [-0.4, -0.2) is 54.6 Å². The van der Waals surface area contributed by atoms with Crippen LogP contribution >= 0.6 is 22.9 Å². The fraction of sp³-hybridized carbons (Fsp3) is 0.286. The summed E-state index contributed by atoms with van der Waals surface area (Å²) in [6, 6.07) is 9.35. The van der Waals surface area contributed by atoms with E-state index < -0.39 is 14.9 Å². The van der Waals surface area contributed by atoms with Crippen LogP contribution in [0.1, 0.15) is 20.8 Å². The number of halogens is 1. The smallest absolute Gasteiger partial charge is 0.270 e. The largest absolute Gasteiger partial charge is 0.335 e. The van der Waals surface area contributed by atoms with Gasteiger partial charge in [-0.2, -0.15) is 4.31 Å². The number of thiophene rings is 1. The van der Waals surface area contributed by atoms with Crippen molar-refractivity contribution in [1.29, 1.82) is 0 Å². The Bertz CT molecular complexity index is 1340. The number of hydrogen-bond donors (Lipinski definition) is 0. The lowest BCUT2D eigenvalue weighted by atomic mass is 10.1. The number of carbonyl (C=O) groups excluding carboxylic acids is 1. The van der Waals surface area contributed by atoms with Gasteiger partial charge in [-0.15, -0.1) is 11.3 Å². The number of non-ortho nitro benzene ring substituents is 1. The van der Waals surface area contributed by atoms with Gasteiger partial charge < -0.3 is 4.90 Å². The van der Waals surface area contributed by atoms with Crippen molar-refractivity contribution >= 4 is 54.6 Å². The van der Waals surface area contributed by atoms with Gasteiger partial charge in [0.1, 0.15) is 4.88 Å². The molecule has 0 radical (unpaired) electrons. The molecule has 0 spiro atoms. The van der Waals surface area contributed by atoms with Crippen LogP contribution < -0.4 is 0 Å². The van der Waals surface area contributed by atoms with Crippen molar-refractivity contribution in [1.82, 2.24) is 9.21 Å². The number of piperazine rings is 1. The summed E-state index contributed by atoms with van der Waals surface area (Å²) in [5, 5.41) is 11.9. The molecule has 11 heteroatoms. The van der Waals surface area contributed by atoms with E-state index in [1.54, 1.807) is 23.1 Å². The number of aryl methyl sites for hydroxylation is 2. The van der Waals surface area contributed by atoms with Gasteiger partial charge in [0.05, 0.1) is 14.8 Å². The molecule has 32 heavy (non-hydrogen) atoms. The van der Waals surface area contributed by atoms with Crippen molar-refractivity contribution < 1.29 is 18.1 Å². The second-order valence-corrected chi connectivity index (χ2v) is 11.0. The van der Waals surface area contributed by atoms with E-state index in [1.165, 1.54) is 22.5 Å². The van der Waals surface area contributed by atoms with Crippen LogP contribution in [0.5, 0.6) is 0 Å². The number of nitrogens with zero attached hydrogens (tertiary/aromatic N) is 3. The highest BCUT2D eigenvalue weighted by atomic mass is 35.5. The molecule has 1 saturated heterocycles. The summed E-state index contributed by atoms with van der Waals surface area (Å²) in [7, 11) is -3.65. The van der Waals surface area contributed by atoms with Gasteiger partial charge in [-0.3, -0.25) is 14.9 Å². The summed E-state index contributed by atoms with van der Waals surface area (Å²) in [5.41, 5.74) is 1.85. The molecule has 1 aliphatic heterocycles. The molecule has 168 valence electrons. The second kappa shape index (κ2) is 8.43. The van der Waals surface area contributed by atoms with E-state index in [0.29, 0.717) is 15.0 Å². The molecular formula is C21H20ClN3O5S2. The standard InChI is InChI=1S/C21H20ClN3O5S2/c1-13-3-5-16(11-14(13)2)32(29,30)24-9-7-23(8-10-24)21(26)20-19(22)17-6-4-15(25(27)28)12-18(17)31-20/h3-6,11-12H,7-10H2,1-2H3. The first-order chi connectivity index (χ1) is 15.1. The van der Waals surface area contributed by atoms with E-state index in [0.717, 1.165) is 22.5 Å². The molecule has 0 bridgehead atoms. The zero-order chi connectivity index (χ0) is 23.2. The fourth-order valence-electron chi connectivity index (χ4n) is 3.60. The average molecular weight is 494 g/mol. The molecular weight excluding hydrogens is 474 g/mol. The van der Waals surface area contributed by atoms with Gasteiger partial charge in [0.2, 0.25) is 10.0 Å². The van der Waals surface area contributed by atoms with Crippen molar-refractivity contribution in [2.24, 2.45) is 0 Å². The van der Waals surface area contributed by atoms with E-state index in [-0.39, 0.29) is 47.7 Å². The van der Waals surface area contributed by atoms with Gasteiger partial charge in [-0.25, -0.2) is 8.42 Å². The lowest BCUT2D eigenvalue weighted by Gasteiger charge is -2.34. The number of nitro groups is 1. The highest BCUT2D eigenvalue weighted by Crippen LogP contribution is 2.38. The van der Waals surface area contributed by atoms with Gasteiger partial charge in [0, 0.05) is 48.4 Å². The summed E-state index contributed by atoms with van der Waals surface area (Å²) in [6.45, 7) is 4.60. The van der Waals surface area contributed by atoms with Crippen LogP contribution in [0.4, 0.5) is 5.69 Å². The van der Waals surface area contributed by atoms with Gasteiger partial charge in [-0.1, -0.05) is 17.7 Å². The Balaban J connectivity index is 1.52. The fourth-order valence-corrected chi connectivity index (χ4v) is 6.62. The summed E-state index contributed by atoms with van der Waals surface area (Å²) >= 11 is 7.50. The number of rotatable bonds is 4. The number of carbonyl (C=O) groups is 1. The molecule has 0 aliphatic carbocycles. The predicted molar refractivity (Wildman–Crippen MR) is 124 cm³/mol. The highest BCUT2D eigenvalue weighted by Gasteiger charge is 2.32. The van der Waals surface area contributed by atoms with Crippen LogP contribution in [0.2, 0.25) is 5.02 Å². The minimum atomic E-state index is -3.65. The van der Waals surface area contributed by atoms with Gasteiger partial charge in [0.15, 0.2) is 0 Å². The van der Waals surface area contributed by atoms with E-state index in [9.17, 15) is 23.3 Å². The van der Waals surface area contributed by atoms with Crippen molar-refractivity contribution in [3.63, 3.8) is 0 Å². The summed E-state index contributed by atoms with van der Waals surface area (Å²) in [5.74, 6) is -0.304. The molecule has 1 aliphatic rings. The van der Waals surface area contributed by atoms with Crippen molar-refractivity contribution in [2.45, 2.75) is 18.7 Å². The number of benzene rings is 2. The zero-order valence-electron chi connectivity index (χ0n) is 17.4. The molecule has 2 heterocycles. The number of fused-ring (bicyclic) bond motifs is 1. The van der Waals surface area contributed by atoms with E-state index in [1.807, 2.05) is 13.8 Å². The van der Waals surface area contributed by atoms with Gasteiger partial charge in [0.25, 0.3) is 11.6 Å². The minimum absolute atomic E-state index is 0.0698. The Hall–Kier alpha value is -2.53. The lowest BCUT2D eigenvalue weighted by molar-refractivity contribution is -0.384. The normalized spacial score (nSPS) is 15.3. The Morgan fingerprint density at radius 3 is 2.38 bits per heavy atom. The third kappa shape index (κ3) is 3.99. The third-order valence-corrected chi connectivity index (χ3v) is 9.20. The van der Waals surface area contributed by atoms with Crippen molar-refractivity contribution in [2.75, 3.05) is 26.2 Å². The zero-order valence-corrected chi connectivity index (χ0v) is 19.8. The lowest BCUT2D eigenvalue weighted by Crippen LogP contribution is -2.50. The summed E-state index contributed by atoms with van der Waals surface area (Å²) in [6.07, 6.45) is 0. The Labute approximate surface area is 194 Å². The number of nitro benzene ring substituents is 1. The minimum Gasteiger partial charge on any atom is -0.335 e. The molecule has 0 saturated carbocycles. The van der Waals surface area contributed by atoms with Gasteiger partial charge in [-0.05, 0) is 43.2 Å². The maximum atomic E-state index is 13.1. The Morgan fingerprint density at radius 1 is 1.06 bits per heavy atom. The predicted octanol–water partition coefficient (Wildman–Crippen LogP) is 4.23. The number of hydrogen-bond acceptors (Lipinski definition) is 6. The van der Waals surface area contributed by atoms with E-state index in [4.69, 9.17) is 11.6 Å². The molecule has 0 atom stereocenters. The molecule has 0 N–H and O–H groups in total. The van der Waals surface area contributed by atoms with Crippen LogP contribution in [0.3, 0.4) is 0 Å². The van der Waals surface area contributed by atoms with Crippen molar-refractivity contribution in [3.8, 4) is 0 Å². The molecule has 8 nitrogen and oxygen atoms in total. The molecule has 1 fully saturated rings. The molecule has 1 aromatic heterocycles. The molecule has 4 rings (SSSR count).